The summed E-state index contributed by atoms with van der Waals surface area (Å²) in [5.41, 5.74) is 16.3. The molecule has 0 saturated heterocycles. The Morgan fingerprint density at radius 3 is 1.93 bits per heavy atom. The molecule has 8 rings (SSSR count). The van der Waals surface area contributed by atoms with Gasteiger partial charge in [0.05, 0.1) is 63.1 Å². The number of hydrogen-bond donors (Lipinski definition) is 2. The Balaban J connectivity index is 1.16. The van der Waals surface area contributed by atoms with Gasteiger partial charge in [-0.25, -0.2) is 24.3 Å². The Kier molecular flexibility index (Phi) is 9.48. The predicted octanol–water partition coefficient (Wildman–Crippen LogP) is 7.46. The van der Waals surface area contributed by atoms with Crippen LogP contribution in [-0.4, -0.2) is 60.7 Å². The molecule has 0 bridgehead atoms. The average Bonchev–Trinajstić information content (AvgIpc) is 4.02. The zero-order valence-corrected chi connectivity index (χ0v) is 33.0. The maximum Gasteiger partial charge on any atom is 0.255 e. The quantitative estimate of drug-likeness (QED) is 0.137. The van der Waals surface area contributed by atoms with Crippen molar-refractivity contribution in [1.29, 1.82) is 0 Å². The summed E-state index contributed by atoms with van der Waals surface area (Å²) in [5.74, 6) is -0.615. The van der Waals surface area contributed by atoms with E-state index in [2.05, 4.69) is 50.0 Å². The van der Waals surface area contributed by atoms with Gasteiger partial charge in [-0.3, -0.25) is 14.3 Å². The molecular weight excluding hydrogens is 717 g/mol. The van der Waals surface area contributed by atoms with E-state index in [1.807, 2.05) is 65.9 Å². The van der Waals surface area contributed by atoms with Gasteiger partial charge in [-0.05, 0) is 84.3 Å². The van der Waals surface area contributed by atoms with Gasteiger partial charge in [0, 0.05) is 48.5 Å². The van der Waals surface area contributed by atoms with Gasteiger partial charge in [0.25, 0.3) is 5.91 Å². The fraction of sp³-hybridized carbons (Fsp3) is 0.256. The molecule has 6 aromatic heterocycles. The first kappa shape index (κ1) is 37.0. The monoisotopic (exact) mass is 760 g/mol. The number of hydrogen-bond acceptors (Lipinski definition) is 8. The Bertz CT molecular complexity index is 2840. The lowest BCUT2D eigenvalue weighted by Gasteiger charge is -2.13. The molecule has 0 saturated carbocycles. The van der Waals surface area contributed by atoms with Crippen LogP contribution in [-0.2, 0) is 19.9 Å². The summed E-state index contributed by atoms with van der Waals surface area (Å²) in [4.78, 5) is 40.3. The molecule has 8 aromatic rings. The van der Waals surface area contributed by atoms with E-state index in [1.54, 1.807) is 52.5 Å². The van der Waals surface area contributed by atoms with Crippen molar-refractivity contribution in [1.82, 2.24) is 48.9 Å². The maximum atomic E-state index is 14.1. The van der Waals surface area contributed by atoms with Gasteiger partial charge in [-0.2, -0.15) is 15.3 Å². The Morgan fingerprint density at radius 1 is 0.737 bits per heavy atom. The minimum Gasteiger partial charge on any atom is -0.366 e. The molecule has 0 aliphatic carbocycles. The van der Waals surface area contributed by atoms with E-state index >= 15 is 0 Å². The number of primary amides is 1. The van der Waals surface area contributed by atoms with Crippen molar-refractivity contribution in [3.63, 3.8) is 0 Å². The van der Waals surface area contributed by atoms with Gasteiger partial charge in [-0.15, -0.1) is 0 Å². The molecule has 0 radical (unpaired) electrons. The number of fused-ring (bicyclic) bond motifs is 2. The fourth-order valence-electron chi connectivity index (χ4n) is 7.38. The van der Waals surface area contributed by atoms with Crippen molar-refractivity contribution in [3.8, 4) is 28.3 Å². The highest BCUT2D eigenvalue weighted by molar-refractivity contribution is 6.09. The third kappa shape index (κ3) is 6.52. The van der Waals surface area contributed by atoms with Crippen LogP contribution in [0, 0.1) is 0 Å². The van der Waals surface area contributed by atoms with E-state index in [-0.39, 0.29) is 17.7 Å². The highest BCUT2D eigenvalue weighted by atomic mass is 16.2. The van der Waals surface area contributed by atoms with Crippen LogP contribution >= 0.6 is 0 Å². The Labute approximate surface area is 329 Å². The molecule has 57 heavy (non-hydrogen) atoms. The number of nitrogens with one attached hydrogen (secondary N) is 1. The smallest absolute Gasteiger partial charge is 0.255 e. The second kappa shape index (κ2) is 14.6. The topological polar surface area (TPSA) is 169 Å². The molecule has 0 aliphatic heterocycles. The van der Waals surface area contributed by atoms with Crippen LogP contribution in [0.3, 0.4) is 0 Å². The zero-order valence-electron chi connectivity index (χ0n) is 33.0. The summed E-state index contributed by atoms with van der Waals surface area (Å²) in [7, 11) is 1.89. The number of imidazole rings is 1. The van der Waals surface area contributed by atoms with Gasteiger partial charge in [0.15, 0.2) is 11.3 Å². The molecule has 0 atom stereocenters. The molecule has 0 aliphatic rings. The van der Waals surface area contributed by atoms with Crippen molar-refractivity contribution in [2.75, 3.05) is 5.32 Å². The third-order valence-electron chi connectivity index (χ3n) is 10.3. The average molecular weight is 761 g/mol. The number of amides is 2. The van der Waals surface area contributed by atoms with Crippen LogP contribution in [0.5, 0.6) is 0 Å². The number of pyridine rings is 2. The highest BCUT2D eigenvalue weighted by Gasteiger charge is 2.24. The molecule has 6 heterocycles. The summed E-state index contributed by atoms with van der Waals surface area (Å²) >= 11 is 0. The summed E-state index contributed by atoms with van der Waals surface area (Å²) in [5, 5.41) is 19.3. The van der Waals surface area contributed by atoms with Gasteiger partial charge in [0.2, 0.25) is 5.91 Å². The number of anilines is 1. The van der Waals surface area contributed by atoms with E-state index < -0.39 is 5.91 Å². The lowest BCUT2D eigenvalue weighted by atomic mass is 10.0. The molecule has 2 aromatic carbocycles. The SMILES string of the molecule is CCc1cc(C(N)=O)ccc1-n1nc(C(C)C)c2c(NC(=O)c3ccc(-n4nc(C(C)C)c5c(-n6cnc(-c7cnn(C)c7)c6)ccnc54)c(CC)c3)ccnc21. The summed E-state index contributed by atoms with van der Waals surface area (Å²) < 4.78 is 7.45. The van der Waals surface area contributed by atoms with Crippen LogP contribution in [0.1, 0.15) is 96.6 Å². The number of rotatable bonds is 11. The molecule has 0 spiro atoms. The number of nitrogens with two attached hydrogens (primary N) is 1. The summed E-state index contributed by atoms with van der Waals surface area (Å²) in [6, 6.07) is 14.8. The van der Waals surface area contributed by atoms with Crippen molar-refractivity contribution in [3.05, 3.63) is 119 Å². The lowest BCUT2D eigenvalue weighted by Crippen LogP contribution is -2.14. The van der Waals surface area contributed by atoms with Gasteiger partial charge in [0.1, 0.15) is 0 Å². The predicted molar refractivity (Wildman–Crippen MR) is 220 cm³/mol. The molecule has 0 fully saturated rings. The molecule has 14 heteroatoms. The van der Waals surface area contributed by atoms with Gasteiger partial charge >= 0.3 is 0 Å². The van der Waals surface area contributed by atoms with E-state index in [1.165, 1.54) is 0 Å². The highest BCUT2D eigenvalue weighted by Crippen LogP contribution is 2.35. The van der Waals surface area contributed by atoms with Crippen molar-refractivity contribution in [2.45, 2.75) is 66.2 Å². The fourth-order valence-corrected chi connectivity index (χ4v) is 7.38. The number of nitrogens with zero attached hydrogens (tertiary/aromatic N) is 10. The zero-order chi connectivity index (χ0) is 40.1. The van der Waals surface area contributed by atoms with Gasteiger partial charge < -0.3 is 15.6 Å². The Morgan fingerprint density at radius 2 is 1.33 bits per heavy atom. The molecule has 3 N–H and O–H groups in total. The molecule has 288 valence electrons. The second-order valence-electron chi connectivity index (χ2n) is 14.8. The van der Waals surface area contributed by atoms with Crippen LogP contribution < -0.4 is 11.1 Å². The van der Waals surface area contributed by atoms with Crippen molar-refractivity contribution in [2.24, 2.45) is 12.8 Å². The summed E-state index contributed by atoms with van der Waals surface area (Å²) in [6.07, 6.45) is 12.3. The number of benzene rings is 2. The van der Waals surface area contributed by atoms with E-state index in [9.17, 15) is 9.59 Å². The van der Waals surface area contributed by atoms with E-state index in [4.69, 9.17) is 25.9 Å². The largest absolute Gasteiger partial charge is 0.366 e. The molecule has 0 unspecified atom stereocenters. The molecular formula is C43H44N12O2. The van der Waals surface area contributed by atoms with Crippen LogP contribution in [0.15, 0.2) is 85.8 Å². The molecule has 2 amide bonds. The number of aryl methyl sites for hydroxylation is 3. The third-order valence-corrected chi connectivity index (χ3v) is 10.3. The number of carbonyl (C=O) groups is 2. The van der Waals surface area contributed by atoms with E-state index in [0.717, 1.165) is 61.6 Å². The van der Waals surface area contributed by atoms with Crippen LogP contribution in [0.2, 0.25) is 0 Å². The normalized spacial score (nSPS) is 11.7. The van der Waals surface area contributed by atoms with Crippen molar-refractivity contribution < 1.29 is 9.59 Å². The van der Waals surface area contributed by atoms with Crippen LogP contribution in [0.25, 0.3) is 50.4 Å². The summed E-state index contributed by atoms with van der Waals surface area (Å²) in [6.45, 7) is 12.4. The first-order chi connectivity index (χ1) is 27.5. The van der Waals surface area contributed by atoms with Gasteiger partial charge in [-0.1, -0.05) is 41.5 Å². The van der Waals surface area contributed by atoms with Crippen LogP contribution in [0.4, 0.5) is 5.69 Å². The minimum absolute atomic E-state index is 0.0280. The second-order valence-corrected chi connectivity index (χ2v) is 14.8. The number of aromatic nitrogens is 10. The Hall–Kier alpha value is -6.96. The lowest BCUT2D eigenvalue weighted by molar-refractivity contribution is 0.0997. The number of carbonyl (C=O) groups excluding carboxylic acids is 2. The molecule has 14 nitrogen and oxygen atoms in total. The first-order valence-corrected chi connectivity index (χ1v) is 19.1. The maximum absolute atomic E-state index is 14.1. The van der Waals surface area contributed by atoms with E-state index in [0.29, 0.717) is 41.0 Å². The first-order valence-electron chi connectivity index (χ1n) is 19.1. The minimum atomic E-state index is -0.488. The van der Waals surface area contributed by atoms with Crippen molar-refractivity contribution >= 4 is 39.6 Å². The standard InChI is InChI=1S/C43H44N12O2/c1-8-26-18-28(40(44)56)10-12-33(26)54-41-36(38(50-54)24(3)4)31(14-16-45-41)49-43(57)29-11-13-34(27(9-2)19-29)55-42-37(39(51-55)25(5)6)35(15-17-46-42)53-22-32(47-23-53)30-20-48-52(7)21-30/h10-25H,8-9H2,1-7H3,(H2,44,56)(H,45,49,57).